The second kappa shape index (κ2) is 10.6. The number of carboxylic acids is 1. The van der Waals surface area contributed by atoms with E-state index in [9.17, 15) is 13.2 Å². The van der Waals surface area contributed by atoms with E-state index in [1.807, 2.05) is 30.3 Å². The molecule has 0 radical (unpaired) electrons. The summed E-state index contributed by atoms with van der Waals surface area (Å²) < 4.78 is 35.0. The summed E-state index contributed by atoms with van der Waals surface area (Å²) in [6, 6.07) is 20.3. The standard InChI is InChI=1S/C28H31NO5S/c1-19(2)21-7-5-8-22(17-21)20-13-15-23(16-14-20)35(32,33)29-26-11-4-3-9-25-24(26)10-6-12-27(25)34-18-28(30)31/h5-8,10,12-17,19,26,29H,3-4,9,11,18H2,1-2H3,(H,30,31). The Hall–Kier alpha value is -3.16. The van der Waals surface area contributed by atoms with Crippen molar-refractivity contribution in [3.63, 3.8) is 0 Å². The lowest BCUT2D eigenvalue weighted by Gasteiger charge is -2.21. The van der Waals surface area contributed by atoms with Gasteiger partial charge in [0, 0.05) is 6.04 Å². The Balaban J connectivity index is 1.57. The summed E-state index contributed by atoms with van der Waals surface area (Å²) in [4.78, 5) is 11.2. The Kier molecular flexibility index (Phi) is 7.57. The normalized spacial score (nSPS) is 15.9. The Morgan fingerprint density at radius 2 is 1.77 bits per heavy atom. The third kappa shape index (κ3) is 5.92. The van der Waals surface area contributed by atoms with Gasteiger partial charge in [-0.1, -0.05) is 68.8 Å². The van der Waals surface area contributed by atoms with Crippen LogP contribution in [-0.4, -0.2) is 26.1 Å². The van der Waals surface area contributed by atoms with Crippen molar-refractivity contribution in [1.82, 2.24) is 4.72 Å². The number of ether oxygens (including phenoxy) is 1. The summed E-state index contributed by atoms with van der Waals surface area (Å²) in [7, 11) is -3.76. The predicted molar refractivity (Wildman–Crippen MR) is 136 cm³/mol. The molecule has 1 atom stereocenters. The molecule has 0 aromatic heterocycles. The fourth-order valence-corrected chi connectivity index (χ4v) is 5.79. The molecule has 4 rings (SSSR count). The van der Waals surface area contributed by atoms with Gasteiger partial charge in [0.05, 0.1) is 4.90 Å². The monoisotopic (exact) mass is 493 g/mol. The van der Waals surface area contributed by atoms with E-state index < -0.39 is 28.6 Å². The van der Waals surface area contributed by atoms with Crippen LogP contribution in [0.2, 0.25) is 0 Å². The van der Waals surface area contributed by atoms with E-state index in [1.165, 1.54) is 5.56 Å². The maximum absolute atomic E-state index is 13.3. The molecule has 3 aromatic rings. The van der Waals surface area contributed by atoms with Crippen LogP contribution in [0.4, 0.5) is 0 Å². The number of rotatable bonds is 8. The second-order valence-electron chi connectivity index (χ2n) is 9.23. The molecule has 0 fully saturated rings. The molecule has 0 heterocycles. The lowest BCUT2D eigenvalue weighted by atomic mass is 9.97. The van der Waals surface area contributed by atoms with E-state index >= 15 is 0 Å². The van der Waals surface area contributed by atoms with Gasteiger partial charge in [0.15, 0.2) is 6.61 Å². The van der Waals surface area contributed by atoms with Gasteiger partial charge in [-0.05, 0) is 71.2 Å². The van der Waals surface area contributed by atoms with Crippen LogP contribution in [0.3, 0.4) is 0 Å². The smallest absolute Gasteiger partial charge is 0.341 e. The van der Waals surface area contributed by atoms with Gasteiger partial charge in [-0.3, -0.25) is 0 Å². The number of benzene rings is 3. The molecule has 7 heteroatoms. The molecule has 0 saturated carbocycles. The van der Waals surface area contributed by atoms with Gasteiger partial charge in [0.25, 0.3) is 0 Å². The minimum atomic E-state index is -3.76. The minimum absolute atomic E-state index is 0.213. The molecule has 0 bridgehead atoms. The molecule has 0 spiro atoms. The fourth-order valence-electron chi connectivity index (χ4n) is 4.54. The number of sulfonamides is 1. The average molecular weight is 494 g/mol. The fraction of sp³-hybridized carbons (Fsp3) is 0.321. The number of hydrogen-bond acceptors (Lipinski definition) is 4. The van der Waals surface area contributed by atoms with Gasteiger partial charge in [-0.2, -0.15) is 0 Å². The van der Waals surface area contributed by atoms with Crippen LogP contribution in [0.15, 0.2) is 71.6 Å². The SMILES string of the molecule is CC(C)c1cccc(-c2ccc(S(=O)(=O)NC3CCCCc4c(OCC(=O)O)cccc43)cc2)c1. The van der Waals surface area contributed by atoms with E-state index in [1.54, 1.807) is 24.3 Å². The predicted octanol–water partition coefficient (Wildman–Crippen LogP) is 5.69. The van der Waals surface area contributed by atoms with Crippen molar-refractivity contribution in [2.24, 2.45) is 0 Å². The first kappa shape index (κ1) is 24.9. The summed E-state index contributed by atoms with van der Waals surface area (Å²) in [5.41, 5.74) is 4.97. The molecule has 0 amide bonds. The highest BCUT2D eigenvalue weighted by molar-refractivity contribution is 7.89. The van der Waals surface area contributed by atoms with Crippen LogP contribution in [0.25, 0.3) is 11.1 Å². The first-order valence-corrected chi connectivity index (χ1v) is 13.4. The number of aliphatic carboxylic acids is 1. The highest BCUT2D eigenvalue weighted by atomic mass is 32.2. The Bertz CT molecular complexity index is 1300. The molecule has 184 valence electrons. The van der Waals surface area contributed by atoms with Gasteiger partial charge in [0.2, 0.25) is 10.0 Å². The minimum Gasteiger partial charge on any atom is -0.482 e. The maximum atomic E-state index is 13.3. The van der Waals surface area contributed by atoms with E-state index in [0.29, 0.717) is 24.5 Å². The number of carboxylic acid groups (broad SMARTS) is 1. The molecule has 1 aliphatic rings. The largest absolute Gasteiger partial charge is 0.482 e. The molecule has 2 N–H and O–H groups in total. The summed E-state index contributed by atoms with van der Waals surface area (Å²) in [5, 5.41) is 8.98. The summed E-state index contributed by atoms with van der Waals surface area (Å²) in [6.45, 7) is 3.86. The number of carbonyl (C=O) groups is 1. The third-order valence-electron chi connectivity index (χ3n) is 6.41. The Morgan fingerprint density at radius 1 is 1.03 bits per heavy atom. The first-order chi connectivity index (χ1) is 16.7. The van der Waals surface area contributed by atoms with Crippen LogP contribution in [0, 0.1) is 0 Å². The topological polar surface area (TPSA) is 92.7 Å². The first-order valence-electron chi connectivity index (χ1n) is 11.9. The summed E-state index contributed by atoms with van der Waals surface area (Å²) >= 11 is 0. The lowest BCUT2D eigenvalue weighted by molar-refractivity contribution is -0.139. The van der Waals surface area contributed by atoms with Gasteiger partial charge in [-0.25, -0.2) is 17.9 Å². The maximum Gasteiger partial charge on any atom is 0.341 e. The molecular formula is C28H31NO5S. The van der Waals surface area contributed by atoms with Crippen molar-refractivity contribution in [3.8, 4) is 16.9 Å². The number of fused-ring (bicyclic) bond motifs is 1. The van der Waals surface area contributed by atoms with Crippen molar-refractivity contribution in [2.45, 2.75) is 56.4 Å². The quantitative estimate of drug-likeness (QED) is 0.394. The van der Waals surface area contributed by atoms with Crippen LogP contribution in [-0.2, 0) is 21.2 Å². The highest BCUT2D eigenvalue weighted by Crippen LogP contribution is 2.35. The zero-order chi connectivity index (χ0) is 25.0. The van der Waals surface area contributed by atoms with E-state index in [0.717, 1.165) is 35.1 Å². The zero-order valence-electron chi connectivity index (χ0n) is 20.0. The van der Waals surface area contributed by atoms with Crippen LogP contribution < -0.4 is 9.46 Å². The Morgan fingerprint density at radius 3 is 2.49 bits per heavy atom. The molecule has 1 unspecified atom stereocenters. The Labute approximate surface area is 207 Å². The summed E-state index contributed by atoms with van der Waals surface area (Å²) in [6.07, 6.45) is 3.11. The third-order valence-corrected chi connectivity index (χ3v) is 7.90. The van der Waals surface area contributed by atoms with Crippen molar-refractivity contribution in [2.75, 3.05) is 6.61 Å². The molecule has 6 nitrogen and oxygen atoms in total. The van der Waals surface area contributed by atoms with E-state index in [2.05, 4.69) is 30.7 Å². The number of nitrogens with one attached hydrogen (secondary N) is 1. The molecule has 1 aliphatic carbocycles. The van der Waals surface area contributed by atoms with Crippen LogP contribution in [0.1, 0.15) is 61.8 Å². The molecule has 3 aromatic carbocycles. The van der Waals surface area contributed by atoms with Gasteiger partial charge >= 0.3 is 5.97 Å². The molecule has 0 aliphatic heterocycles. The highest BCUT2D eigenvalue weighted by Gasteiger charge is 2.26. The second-order valence-corrected chi connectivity index (χ2v) is 10.9. The van der Waals surface area contributed by atoms with Gasteiger partial charge < -0.3 is 9.84 Å². The van der Waals surface area contributed by atoms with Crippen LogP contribution in [0.5, 0.6) is 5.75 Å². The van der Waals surface area contributed by atoms with Gasteiger partial charge in [-0.15, -0.1) is 0 Å². The van der Waals surface area contributed by atoms with E-state index in [-0.39, 0.29) is 4.90 Å². The van der Waals surface area contributed by atoms with Gasteiger partial charge in [0.1, 0.15) is 5.75 Å². The van der Waals surface area contributed by atoms with Crippen molar-refractivity contribution in [1.29, 1.82) is 0 Å². The van der Waals surface area contributed by atoms with Crippen LogP contribution >= 0.6 is 0 Å². The van der Waals surface area contributed by atoms with Crippen molar-refractivity contribution < 1.29 is 23.1 Å². The molecule has 35 heavy (non-hydrogen) atoms. The zero-order valence-corrected chi connectivity index (χ0v) is 20.8. The number of hydrogen-bond donors (Lipinski definition) is 2. The molecule has 0 saturated heterocycles. The average Bonchev–Trinajstić information content (AvgIpc) is 3.05. The van der Waals surface area contributed by atoms with Crippen molar-refractivity contribution >= 4 is 16.0 Å². The molecular weight excluding hydrogens is 462 g/mol. The summed E-state index contributed by atoms with van der Waals surface area (Å²) in [5.74, 6) is -0.131. The van der Waals surface area contributed by atoms with Crippen molar-refractivity contribution in [3.05, 3.63) is 83.4 Å². The lowest BCUT2D eigenvalue weighted by Crippen LogP contribution is -2.29. The van der Waals surface area contributed by atoms with E-state index in [4.69, 9.17) is 9.84 Å².